The predicted octanol–water partition coefficient (Wildman–Crippen LogP) is 1.97. The quantitative estimate of drug-likeness (QED) is 0.902. The van der Waals surface area contributed by atoms with Crippen molar-refractivity contribution in [3.8, 4) is 11.3 Å². The van der Waals surface area contributed by atoms with E-state index < -0.39 is 0 Å². The van der Waals surface area contributed by atoms with Gasteiger partial charge in [0.05, 0.1) is 5.69 Å². The van der Waals surface area contributed by atoms with Crippen LogP contribution in [0.3, 0.4) is 0 Å². The molecule has 1 heterocycles. The van der Waals surface area contributed by atoms with E-state index in [1.54, 1.807) is 12.1 Å². The molecule has 0 spiro atoms. The Morgan fingerprint density at radius 3 is 2.17 bits per heavy atom. The molecule has 0 amide bonds. The van der Waals surface area contributed by atoms with Crippen LogP contribution in [0.2, 0.25) is 0 Å². The zero-order valence-electron chi connectivity index (χ0n) is 9.74. The Morgan fingerprint density at radius 1 is 1.11 bits per heavy atom. The lowest BCUT2D eigenvalue weighted by atomic mass is 10.1. The molecule has 0 unspecified atom stereocenters. The minimum absolute atomic E-state index is 0. The number of aromatic nitrogens is 2. The summed E-state index contributed by atoms with van der Waals surface area (Å²) < 4.78 is 12.7. The Hall–Kier alpha value is -1.14. The Morgan fingerprint density at radius 2 is 1.67 bits per heavy atom. The van der Waals surface area contributed by atoms with Crippen molar-refractivity contribution in [1.82, 2.24) is 10.2 Å². The topological polar surface area (TPSA) is 91.7 Å². The minimum atomic E-state index is -0.220. The van der Waals surface area contributed by atoms with E-state index in [1.165, 1.54) is 12.1 Å². The summed E-state index contributed by atoms with van der Waals surface area (Å²) in [7, 11) is 0. The zero-order valence-corrected chi connectivity index (χ0v) is 11.4. The monoisotopic (exact) mass is 298 g/mol. The first-order valence-corrected chi connectivity index (χ1v) is 4.60. The van der Waals surface area contributed by atoms with Gasteiger partial charge >= 0.3 is 0 Å². The lowest BCUT2D eigenvalue weighted by Crippen LogP contribution is -1.84. The number of halogens is 3. The molecule has 4 nitrogen and oxygen atoms in total. The van der Waals surface area contributed by atoms with Gasteiger partial charge in [0, 0.05) is 11.8 Å². The number of aryl methyl sites for hydroxylation is 1. The van der Waals surface area contributed by atoms with Crippen LogP contribution in [0.4, 0.5) is 4.39 Å². The van der Waals surface area contributed by atoms with Crippen molar-refractivity contribution in [3.63, 3.8) is 0 Å². The van der Waals surface area contributed by atoms with Gasteiger partial charge in [-0.15, -0.1) is 24.8 Å². The van der Waals surface area contributed by atoms with Crippen LogP contribution >= 0.6 is 24.8 Å². The maximum absolute atomic E-state index is 12.7. The minimum Gasteiger partial charge on any atom is -0.412 e. The molecule has 2 aromatic rings. The van der Waals surface area contributed by atoms with Crippen molar-refractivity contribution in [3.05, 3.63) is 41.8 Å². The van der Waals surface area contributed by atoms with Gasteiger partial charge < -0.3 is 11.0 Å². The molecule has 0 aliphatic carbocycles. The van der Waals surface area contributed by atoms with Crippen LogP contribution in [-0.4, -0.2) is 21.1 Å². The van der Waals surface area contributed by atoms with Gasteiger partial charge in [-0.1, -0.05) is 6.92 Å². The third-order valence-electron chi connectivity index (χ3n) is 2.22. The van der Waals surface area contributed by atoms with Gasteiger partial charge in [-0.2, -0.15) is 5.10 Å². The maximum atomic E-state index is 12.7. The first-order valence-electron chi connectivity index (χ1n) is 4.60. The molecule has 0 atom stereocenters. The van der Waals surface area contributed by atoms with Gasteiger partial charge in [0.2, 0.25) is 0 Å². The SMILES string of the molecule is CCc1c[nH]nc1-c1ccc(F)cc1.Cl.Cl.O.O. The number of hydrogen-bond donors (Lipinski definition) is 1. The van der Waals surface area contributed by atoms with E-state index >= 15 is 0 Å². The predicted molar refractivity (Wildman–Crippen MR) is 75.1 cm³/mol. The normalized spacial score (nSPS) is 8.11. The van der Waals surface area contributed by atoms with Crippen LogP contribution < -0.4 is 0 Å². The van der Waals surface area contributed by atoms with Gasteiger partial charge in [-0.05, 0) is 36.2 Å². The van der Waals surface area contributed by atoms with Crippen molar-refractivity contribution >= 4 is 24.8 Å². The van der Waals surface area contributed by atoms with E-state index in [2.05, 4.69) is 17.1 Å². The summed E-state index contributed by atoms with van der Waals surface area (Å²) in [5.74, 6) is -0.220. The fourth-order valence-corrected chi connectivity index (χ4v) is 1.44. The molecule has 5 N–H and O–H groups in total. The van der Waals surface area contributed by atoms with Crippen LogP contribution in [0.1, 0.15) is 12.5 Å². The summed E-state index contributed by atoms with van der Waals surface area (Å²) in [5.41, 5.74) is 3.01. The molecule has 0 saturated carbocycles. The molecule has 0 fully saturated rings. The molecule has 0 aliphatic heterocycles. The summed E-state index contributed by atoms with van der Waals surface area (Å²) in [6.45, 7) is 2.07. The van der Waals surface area contributed by atoms with Crippen molar-refractivity contribution in [2.24, 2.45) is 0 Å². The van der Waals surface area contributed by atoms with Crippen LogP contribution in [0.25, 0.3) is 11.3 Å². The smallest absolute Gasteiger partial charge is 0.123 e. The molecule has 0 aliphatic rings. The molecule has 1 aromatic heterocycles. The van der Waals surface area contributed by atoms with Crippen LogP contribution in [-0.2, 0) is 6.42 Å². The largest absolute Gasteiger partial charge is 0.412 e. The number of aromatic amines is 1. The highest BCUT2D eigenvalue weighted by Crippen LogP contribution is 2.21. The molecule has 18 heavy (non-hydrogen) atoms. The van der Waals surface area contributed by atoms with Gasteiger partial charge in [-0.3, -0.25) is 5.10 Å². The standard InChI is InChI=1S/C11H11FN2.2ClH.2H2O/c1-2-8-7-13-14-11(8)9-3-5-10(12)6-4-9;;;;/h3-7H,2H2,1H3,(H,13,14);2*1H;2*1H2. The van der Waals surface area contributed by atoms with E-state index in [-0.39, 0.29) is 41.6 Å². The van der Waals surface area contributed by atoms with Crippen LogP contribution in [0.15, 0.2) is 30.5 Å². The zero-order chi connectivity index (χ0) is 9.97. The first kappa shape index (κ1) is 22.1. The third kappa shape index (κ3) is 4.62. The third-order valence-corrected chi connectivity index (χ3v) is 2.22. The molecular weight excluding hydrogens is 282 g/mol. The highest BCUT2D eigenvalue weighted by Gasteiger charge is 2.05. The Balaban J connectivity index is -0.000000562. The van der Waals surface area contributed by atoms with Crippen molar-refractivity contribution in [2.45, 2.75) is 13.3 Å². The lowest BCUT2D eigenvalue weighted by Gasteiger charge is -1.99. The molecule has 0 saturated heterocycles. The number of nitrogens with one attached hydrogen (secondary N) is 1. The Bertz CT molecular complexity index is 435. The average Bonchev–Trinajstić information content (AvgIpc) is 2.67. The number of H-pyrrole nitrogens is 1. The highest BCUT2D eigenvalue weighted by atomic mass is 35.5. The van der Waals surface area contributed by atoms with Gasteiger partial charge in [0.1, 0.15) is 5.82 Å². The van der Waals surface area contributed by atoms with Gasteiger partial charge in [0.25, 0.3) is 0 Å². The second kappa shape index (κ2) is 9.85. The second-order valence-corrected chi connectivity index (χ2v) is 3.12. The molecule has 7 heteroatoms. The second-order valence-electron chi connectivity index (χ2n) is 3.12. The average molecular weight is 299 g/mol. The van der Waals surface area contributed by atoms with Crippen molar-refractivity contribution in [2.75, 3.05) is 0 Å². The number of rotatable bonds is 2. The fraction of sp³-hybridized carbons (Fsp3) is 0.182. The van der Waals surface area contributed by atoms with Gasteiger partial charge in [0.15, 0.2) is 0 Å². The summed E-state index contributed by atoms with van der Waals surface area (Å²) in [4.78, 5) is 0. The Labute approximate surface area is 117 Å². The van der Waals surface area contributed by atoms with E-state index in [0.29, 0.717) is 0 Å². The molecule has 0 radical (unpaired) electrons. The van der Waals surface area contributed by atoms with E-state index in [4.69, 9.17) is 0 Å². The molecule has 1 aromatic carbocycles. The summed E-state index contributed by atoms with van der Waals surface area (Å²) >= 11 is 0. The molecule has 0 bridgehead atoms. The van der Waals surface area contributed by atoms with Crippen LogP contribution in [0, 0.1) is 5.82 Å². The van der Waals surface area contributed by atoms with E-state index in [9.17, 15) is 4.39 Å². The molecular formula is C11H17Cl2FN2O2. The van der Waals surface area contributed by atoms with Crippen molar-refractivity contribution in [1.29, 1.82) is 0 Å². The maximum Gasteiger partial charge on any atom is 0.123 e. The number of nitrogens with zero attached hydrogens (tertiary/aromatic N) is 1. The van der Waals surface area contributed by atoms with E-state index in [1.807, 2.05) is 6.20 Å². The summed E-state index contributed by atoms with van der Waals surface area (Å²) in [6.07, 6.45) is 2.79. The number of benzene rings is 1. The van der Waals surface area contributed by atoms with E-state index in [0.717, 1.165) is 23.2 Å². The molecule has 104 valence electrons. The molecule has 2 rings (SSSR count). The van der Waals surface area contributed by atoms with Crippen molar-refractivity contribution < 1.29 is 15.3 Å². The lowest BCUT2D eigenvalue weighted by molar-refractivity contribution is 0.628. The number of hydrogen-bond acceptors (Lipinski definition) is 1. The van der Waals surface area contributed by atoms with Crippen LogP contribution in [0.5, 0.6) is 0 Å². The van der Waals surface area contributed by atoms with Gasteiger partial charge in [-0.25, -0.2) is 4.39 Å². The first-order chi connectivity index (χ1) is 6.81. The summed E-state index contributed by atoms with van der Waals surface area (Å²) in [5, 5.41) is 6.96. The highest BCUT2D eigenvalue weighted by molar-refractivity contribution is 5.85. The Kier molecular flexibility index (Phi) is 12.1. The summed E-state index contributed by atoms with van der Waals surface area (Å²) in [6, 6.07) is 6.38. The fourth-order valence-electron chi connectivity index (χ4n) is 1.44.